The summed E-state index contributed by atoms with van der Waals surface area (Å²) >= 11 is 0. The van der Waals surface area contributed by atoms with Gasteiger partial charge in [0, 0.05) is 16.9 Å². The minimum Gasteiger partial charge on any atom is -0.310 e. The van der Waals surface area contributed by atoms with Crippen molar-refractivity contribution in [3.05, 3.63) is 209 Å². The molecule has 3 aliphatic carbocycles. The predicted molar refractivity (Wildman–Crippen MR) is 217 cm³/mol. The maximum atomic E-state index is 2.56. The Hall–Kier alpha value is -6.18. The first-order chi connectivity index (χ1) is 25.8. The fraction of sp³-hybridized carbons (Fsp3) is 0.0980. The number of benzene rings is 8. The molecule has 52 heavy (non-hydrogen) atoms. The summed E-state index contributed by atoms with van der Waals surface area (Å²) in [5.41, 5.74) is 19.4. The van der Waals surface area contributed by atoms with Gasteiger partial charge in [0.1, 0.15) is 0 Å². The SMILES string of the molecule is c1ccc(N(c2ccc3ccccc3c2)c2cc3c(cc2-c2ccc4c(c2)CCCC4)-c2ccccc2C32c3ccccc3-c3ccccc32)cc1. The highest BCUT2D eigenvalue weighted by molar-refractivity contribution is 6.00. The van der Waals surface area contributed by atoms with Crippen LogP contribution in [0.1, 0.15) is 46.2 Å². The zero-order valence-electron chi connectivity index (χ0n) is 29.0. The number of fused-ring (bicyclic) bond motifs is 12. The van der Waals surface area contributed by atoms with E-state index in [4.69, 9.17) is 0 Å². The van der Waals surface area contributed by atoms with Gasteiger partial charge in [0.15, 0.2) is 0 Å². The van der Waals surface area contributed by atoms with E-state index in [-0.39, 0.29) is 0 Å². The fourth-order valence-electron chi connectivity index (χ4n) is 9.76. The second-order valence-electron chi connectivity index (χ2n) is 14.7. The summed E-state index contributed by atoms with van der Waals surface area (Å²) in [6, 6.07) is 66.3. The normalized spacial score (nSPS) is 14.4. The van der Waals surface area contributed by atoms with Gasteiger partial charge in [-0.2, -0.15) is 0 Å². The number of aryl methyl sites for hydroxylation is 2. The minimum absolute atomic E-state index is 0.423. The van der Waals surface area contributed by atoms with E-state index >= 15 is 0 Å². The first-order valence-corrected chi connectivity index (χ1v) is 18.7. The molecule has 8 aromatic rings. The van der Waals surface area contributed by atoms with Crippen LogP contribution in [-0.4, -0.2) is 0 Å². The van der Waals surface area contributed by atoms with Gasteiger partial charge in [0.2, 0.25) is 0 Å². The van der Waals surface area contributed by atoms with Crippen molar-refractivity contribution in [3.8, 4) is 33.4 Å². The molecule has 1 spiro atoms. The molecule has 0 N–H and O–H groups in total. The van der Waals surface area contributed by atoms with Crippen LogP contribution >= 0.6 is 0 Å². The van der Waals surface area contributed by atoms with E-state index < -0.39 is 5.41 Å². The van der Waals surface area contributed by atoms with E-state index in [0.717, 1.165) is 17.8 Å². The zero-order chi connectivity index (χ0) is 34.2. The summed E-state index contributed by atoms with van der Waals surface area (Å²) in [5, 5.41) is 2.48. The Labute approximate surface area is 305 Å². The van der Waals surface area contributed by atoms with Gasteiger partial charge < -0.3 is 4.90 Å². The molecule has 0 bridgehead atoms. The summed E-state index contributed by atoms with van der Waals surface area (Å²) in [5.74, 6) is 0. The number of para-hydroxylation sites is 1. The molecule has 0 aromatic heterocycles. The lowest BCUT2D eigenvalue weighted by Gasteiger charge is -2.33. The second kappa shape index (κ2) is 11.4. The number of anilines is 3. The van der Waals surface area contributed by atoms with Gasteiger partial charge in [-0.1, -0.05) is 140 Å². The van der Waals surface area contributed by atoms with E-state index in [2.05, 4.69) is 181 Å². The topological polar surface area (TPSA) is 3.24 Å². The highest BCUT2D eigenvalue weighted by Gasteiger charge is 2.52. The number of hydrogen-bond acceptors (Lipinski definition) is 1. The Bertz CT molecular complexity index is 2660. The first kappa shape index (κ1) is 29.5. The van der Waals surface area contributed by atoms with Gasteiger partial charge in [-0.3, -0.25) is 0 Å². The van der Waals surface area contributed by atoms with Crippen molar-refractivity contribution in [3.63, 3.8) is 0 Å². The molecule has 0 saturated carbocycles. The Morgan fingerprint density at radius 1 is 0.365 bits per heavy atom. The molecule has 8 aromatic carbocycles. The van der Waals surface area contributed by atoms with Crippen molar-refractivity contribution in [2.24, 2.45) is 0 Å². The van der Waals surface area contributed by atoms with Crippen LogP contribution in [0.2, 0.25) is 0 Å². The Balaban J connectivity index is 1.27. The van der Waals surface area contributed by atoms with E-state index in [9.17, 15) is 0 Å². The molecule has 11 rings (SSSR count). The van der Waals surface area contributed by atoms with Crippen molar-refractivity contribution in [2.75, 3.05) is 4.90 Å². The van der Waals surface area contributed by atoms with Crippen LogP contribution in [0, 0.1) is 0 Å². The third kappa shape index (κ3) is 4.17. The van der Waals surface area contributed by atoms with E-state index in [1.165, 1.54) is 102 Å². The van der Waals surface area contributed by atoms with E-state index in [1.807, 2.05) is 0 Å². The molecule has 0 aliphatic heterocycles. The van der Waals surface area contributed by atoms with Crippen LogP contribution in [0.3, 0.4) is 0 Å². The average molecular weight is 664 g/mol. The Kier molecular flexibility index (Phi) is 6.49. The first-order valence-electron chi connectivity index (χ1n) is 18.7. The summed E-state index contributed by atoms with van der Waals surface area (Å²) in [7, 11) is 0. The number of rotatable bonds is 4. The molecule has 3 aliphatic rings. The third-order valence-corrected chi connectivity index (χ3v) is 12.0. The van der Waals surface area contributed by atoms with Gasteiger partial charge in [-0.25, -0.2) is 0 Å². The maximum Gasteiger partial charge on any atom is 0.0726 e. The molecule has 0 unspecified atom stereocenters. The van der Waals surface area contributed by atoms with Gasteiger partial charge in [0.25, 0.3) is 0 Å². The summed E-state index contributed by atoms with van der Waals surface area (Å²) in [4.78, 5) is 2.50. The summed E-state index contributed by atoms with van der Waals surface area (Å²) < 4.78 is 0. The van der Waals surface area contributed by atoms with Crippen LogP contribution in [0.15, 0.2) is 176 Å². The highest BCUT2D eigenvalue weighted by Crippen LogP contribution is 2.64. The van der Waals surface area contributed by atoms with Crippen LogP contribution in [0.5, 0.6) is 0 Å². The smallest absolute Gasteiger partial charge is 0.0726 e. The van der Waals surface area contributed by atoms with Crippen molar-refractivity contribution in [2.45, 2.75) is 31.1 Å². The van der Waals surface area contributed by atoms with E-state index in [1.54, 1.807) is 0 Å². The molecule has 1 nitrogen and oxygen atoms in total. The molecule has 0 radical (unpaired) electrons. The standard InChI is InChI=1S/C51H37N/c1-2-18-39(19-3-1)52(40-29-28-35-15-5-7-17-37(35)31-40)50-33-49-45(32-44(50)38-27-26-34-14-4-6-16-36(34)30-38)43-22-10-13-25-48(43)51(49)46-23-11-8-20-41(46)42-21-9-12-24-47(42)51/h1-3,5,7-13,15,17-33H,4,6,14,16H2. The third-order valence-electron chi connectivity index (χ3n) is 12.0. The Morgan fingerprint density at radius 2 is 0.962 bits per heavy atom. The van der Waals surface area contributed by atoms with Gasteiger partial charge in [-0.15, -0.1) is 0 Å². The van der Waals surface area contributed by atoms with Crippen LogP contribution in [-0.2, 0) is 18.3 Å². The minimum atomic E-state index is -0.423. The molecule has 0 amide bonds. The molecule has 0 saturated heterocycles. The van der Waals surface area contributed by atoms with E-state index in [0.29, 0.717) is 0 Å². The lowest BCUT2D eigenvalue weighted by Crippen LogP contribution is -2.26. The van der Waals surface area contributed by atoms with Crippen LogP contribution < -0.4 is 4.90 Å². The molecule has 246 valence electrons. The Morgan fingerprint density at radius 3 is 1.67 bits per heavy atom. The second-order valence-corrected chi connectivity index (χ2v) is 14.7. The molecule has 0 atom stereocenters. The zero-order valence-corrected chi connectivity index (χ0v) is 29.0. The molecular weight excluding hydrogens is 627 g/mol. The number of hydrogen-bond donors (Lipinski definition) is 0. The quantitative estimate of drug-likeness (QED) is 0.181. The molecule has 0 heterocycles. The predicted octanol–water partition coefficient (Wildman–Crippen LogP) is 13.2. The van der Waals surface area contributed by atoms with Crippen molar-refractivity contribution < 1.29 is 0 Å². The van der Waals surface area contributed by atoms with Crippen molar-refractivity contribution >= 4 is 27.8 Å². The van der Waals surface area contributed by atoms with Gasteiger partial charge >= 0.3 is 0 Å². The average Bonchev–Trinajstić information content (AvgIpc) is 3.68. The molecule has 1 heteroatoms. The van der Waals surface area contributed by atoms with Gasteiger partial charge in [-0.05, 0) is 134 Å². The summed E-state index contributed by atoms with van der Waals surface area (Å²) in [6.45, 7) is 0. The largest absolute Gasteiger partial charge is 0.310 e. The summed E-state index contributed by atoms with van der Waals surface area (Å²) in [6.07, 6.45) is 4.86. The lowest BCUT2D eigenvalue weighted by atomic mass is 9.70. The number of nitrogens with zero attached hydrogens (tertiary/aromatic N) is 1. The maximum absolute atomic E-state index is 2.56. The van der Waals surface area contributed by atoms with Crippen molar-refractivity contribution in [1.82, 2.24) is 0 Å². The fourth-order valence-corrected chi connectivity index (χ4v) is 9.76. The monoisotopic (exact) mass is 663 g/mol. The van der Waals surface area contributed by atoms with Crippen molar-refractivity contribution in [1.29, 1.82) is 0 Å². The molecule has 0 fully saturated rings. The highest BCUT2D eigenvalue weighted by atomic mass is 15.1. The van der Waals surface area contributed by atoms with Crippen LogP contribution in [0.4, 0.5) is 17.1 Å². The lowest BCUT2D eigenvalue weighted by molar-refractivity contribution is 0.686. The van der Waals surface area contributed by atoms with Crippen LogP contribution in [0.25, 0.3) is 44.2 Å². The van der Waals surface area contributed by atoms with Gasteiger partial charge in [0.05, 0.1) is 11.1 Å². The molecular formula is C51H37N.